The molecule has 0 unspecified atom stereocenters. The normalized spacial score (nSPS) is 15.6. The van der Waals surface area contributed by atoms with Crippen LogP contribution in [0.3, 0.4) is 0 Å². The summed E-state index contributed by atoms with van der Waals surface area (Å²) in [4.78, 5) is 22.2. The molecule has 0 saturated carbocycles. The molecule has 6 rings (SSSR count). The van der Waals surface area contributed by atoms with Gasteiger partial charge in [-0.15, -0.1) is 0 Å². The predicted octanol–water partition coefficient (Wildman–Crippen LogP) is 9.60. The summed E-state index contributed by atoms with van der Waals surface area (Å²) in [6.45, 7) is 18.0. The quantitative estimate of drug-likeness (QED) is 0.200. The molecule has 0 bridgehead atoms. The topological polar surface area (TPSA) is 54.8 Å². The summed E-state index contributed by atoms with van der Waals surface area (Å²) in [5.41, 5.74) is 10.1. The van der Waals surface area contributed by atoms with Crippen LogP contribution in [0.1, 0.15) is 89.5 Å². The van der Waals surface area contributed by atoms with E-state index >= 15 is 0 Å². The largest absolute Gasteiger partial charge is 0.288 e. The van der Waals surface area contributed by atoms with Crippen molar-refractivity contribution in [3.8, 4) is 45.4 Å². The fourth-order valence-electron chi connectivity index (χ4n) is 6.30. The maximum atomic E-state index is 4.94. The smallest absolute Gasteiger partial charge is 0.165 e. The highest BCUT2D eigenvalue weighted by atomic mass is 15.2. The van der Waals surface area contributed by atoms with Crippen molar-refractivity contribution in [1.29, 1.82) is 0 Å². The minimum atomic E-state index is -0.0623. The predicted molar refractivity (Wildman–Crippen MR) is 181 cm³/mol. The molecule has 0 saturated heterocycles. The Bertz CT molecular complexity index is 1730. The Balaban J connectivity index is 1.39. The highest BCUT2D eigenvalue weighted by molar-refractivity contribution is 5.69. The molecule has 1 aliphatic heterocycles. The van der Waals surface area contributed by atoms with E-state index in [4.69, 9.17) is 19.9 Å². The van der Waals surface area contributed by atoms with Crippen molar-refractivity contribution >= 4 is 0 Å². The summed E-state index contributed by atoms with van der Waals surface area (Å²) >= 11 is 0. The van der Waals surface area contributed by atoms with E-state index in [1.54, 1.807) is 0 Å². The highest BCUT2D eigenvalue weighted by Crippen LogP contribution is 2.49. The first-order valence-electron chi connectivity index (χ1n) is 15.7. The van der Waals surface area contributed by atoms with Gasteiger partial charge in [0, 0.05) is 39.5 Å². The Morgan fingerprint density at radius 2 is 0.955 bits per heavy atom. The first-order chi connectivity index (χ1) is 20.9. The number of fused-ring (bicyclic) bond motifs is 1. The van der Waals surface area contributed by atoms with E-state index in [1.807, 2.05) is 6.20 Å². The number of rotatable bonds is 6. The zero-order chi connectivity index (χ0) is 31.4. The standard InChI is InChI=1S/C39H43N5/c1-24(2)26-10-14-28(15-11-26)35-41-36(29-16-12-27(13-17-29)25(3)4)43-37(42-35)31-19-21-34(40-23-31)30-18-20-32-33(22-30)39(7,8)44(9)38(32,5)6/h10-25H,1-9H3. The molecule has 2 aromatic heterocycles. The maximum absolute atomic E-state index is 4.94. The van der Waals surface area contributed by atoms with Crippen molar-refractivity contribution in [2.75, 3.05) is 7.05 Å². The van der Waals surface area contributed by atoms with Gasteiger partial charge in [-0.3, -0.25) is 9.88 Å². The van der Waals surface area contributed by atoms with E-state index < -0.39 is 0 Å². The van der Waals surface area contributed by atoms with E-state index in [0.29, 0.717) is 29.3 Å². The van der Waals surface area contributed by atoms with Crippen LogP contribution in [0.15, 0.2) is 85.1 Å². The minimum Gasteiger partial charge on any atom is -0.288 e. The molecular weight excluding hydrogens is 538 g/mol. The van der Waals surface area contributed by atoms with E-state index in [0.717, 1.165) is 27.9 Å². The van der Waals surface area contributed by atoms with Crippen molar-refractivity contribution in [3.05, 3.63) is 107 Å². The second kappa shape index (κ2) is 11.0. The van der Waals surface area contributed by atoms with Gasteiger partial charge < -0.3 is 0 Å². The molecule has 5 nitrogen and oxygen atoms in total. The Kier molecular flexibility index (Phi) is 7.49. The first kappa shape index (κ1) is 29.8. The Morgan fingerprint density at radius 1 is 0.523 bits per heavy atom. The summed E-state index contributed by atoms with van der Waals surface area (Å²) in [6, 6.07) is 28.0. The van der Waals surface area contributed by atoms with Crippen molar-refractivity contribution in [2.24, 2.45) is 0 Å². The summed E-state index contributed by atoms with van der Waals surface area (Å²) in [6.07, 6.45) is 1.89. The lowest BCUT2D eigenvalue weighted by Crippen LogP contribution is -2.42. The summed E-state index contributed by atoms with van der Waals surface area (Å²) in [5.74, 6) is 2.85. The highest BCUT2D eigenvalue weighted by Gasteiger charge is 2.46. The third-order valence-corrected chi connectivity index (χ3v) is 9.64. The minimum absolute atomic E-state index is 0.0209. The van der Waals surface area contributed by atoms with Gasteiger partial charge in [-0.25, -0.2) is 15.0 Å². The van der Waals surface area contributed by atoms with E-state index in [1.165, 1.54) is 22.3 Å². The summed E-state index contributed by atoms with van der Waals surface area (Å²) in [7, 11) is 2.21. The van der Waals surface area contributed by atoms with Gasteiger partial charge in [-0.05, 0) is 87.0 Å². The van der Waals surface area contributed by atoms with Crippen LogP contribution in [0.2, 0.25) is 0 Å². The van der Waals surface area contributed by atoms with Gasteiger partial charge >= 0.3 is 0 Å². The SMILES string of the molecule is CC(C)c1ccc(-c2nc(-c3ccc(C(C)C)cc3)nc(-c3ccc(-c4ccc5c(c4)C(C)(C)N(C)C5(C)C)nc3)n2)cc1. The average Bonchev–Trinajstić information content (AvgIpc) is 3.17. The Hall–Kier alpha value is -4.22. The van der Waals surface area contributed by atoms with Crippen LogP contribution in [0.5, 0.6) is 0 Å². The van der Waals surface area contributed by atoms with Gasteiger partial charge in [0.25, 0.3) is 0 Å². The van der Waals surface area contributed by atoms with Gasteiger partial charge in [0.2, 0.25) is 0 Å². The molecule has 0 radical (unpaired) electrons. The van der Waals surface area contributed by atoms with Crippen molar-refractivity contribution in [2.45, 2.75) is 78.3 Å². The zero-order valence-corrected chi connectivity index (χ0v) is 27.5. The first-order valence-corrected chi connectivity index (χ1v) is 15.7. The monoisotopic (exact) mass is 581 g/mol. The number of nitrogens with zero attached hydrogens (tertiary/aromatic N) is 5. The van der Waals surface area contributed by atoms with Gasteiger partial charge in [0.1, 0.15) is 0 Å². The lowest BCUT2D eigenvalue weighted by molar-refractivity contribution is 0.0730. The number of benzene rings is 3. The molecule has 1 aliphatic rings. The second-order valence-corrected chi connectivity index (χ2v) is 13.7. The van der Waals surface area contributed by atoms with Crippen LogP contribution in [0.4, 0.5) is 0 Å². The molecule has 0 amide bonds. The zero-order valence-electron chi connectivity index (χ0n) is 27.5. The Morgan fingerprint density at radius 3 is 1.41 bits per heavy atom. The summed E-state index contributed by atoms with van der Waals surface area (Å²) < 4.78 is 0. The third kappa shape index (κ3) is 5.24. The lowest BCUT2D eigenvalue weighted by Gasteiger charge is -2.37. The van der Waals surface area contributed by atoms with Crippen molar-refractivity contribution < 1.29 is 0 Å². The molecular formula is C39H43N5. The number of aromatic nitrogens is 4. The molecule has 5 heteroatoms. The van der Waals surface area contributed by atoms with Crippen molar-refractivity contribution in [1.82, 2.24) is 24.8 Å². The molecule has 0 N–H and O–H groups in total. The molecule has 3 heterocycles. The van der Waals surface area contributed by atoms with Crippen LogP contribution in [0, 0.1) is 0 Å². The third-order valence-electron chi connectivity index (χ3n) is 9.64. The average molecular weight is 582 g/mol. The number of hydrogen-bond donors (Lipinski definition) is 0. The molecule has 3 aromatic carbocycles. The summed E-state index contributed by atoms with van der Waals surface area (Å²) in [5, 5.41) is 0. The van der Waals surface area contributed by atoms with Crippen LogP contribution in [-0.4, -0.2) is 31.9 Å². The number of hydrogen-bond acceptors (Lipinski definition) is 5. The van der Waals surface area contributed by atoms with Gasteiger partial charge in [0.15, 0.2) is 17.5 Å². The molecule has 0 aliphatic carbocycles. The molecule has 224 valence electrons. The van der Waals surface area contributed by atoms with Crippen LogP contribution in [-0.2, 0) is 11.1 Å². The van der Waals surface area contributed by atoms with Crippen LogP contribution in [0.25, 0.3) is 45.4 Å². The molecule has 5 aromatic rings. The molecule has 0 spiro atoms. The lowest BCUT2D eigenvalue weighted by atomic mass is 9.88. The molecule has 44 heavy (non-hydrogen) atoms. The van der Waals surface area contributed by atoms with Crippen LogP contribution < -0.4 is 0 Å². The maximum Gasteiger partial charge on any atom is 0.165 e. The van der Waals surface area contributed by atoms with E-state index in [9.17, 15) is 0 Å². The van der Waals surface area contributed by atoms with Crippen LogP contribution >= 0.6 is 0 Å². The second-order valence-electron chi connectivity index (χ2n) is 13.7. The van der Waals surface area contributed by atoms with Gasteiger partial charge in [0.05, 0.1) is 5.69 Å². The van der Waals surface area contributed by atoms with Crippen molar-refractivity contribution in [3.63, 3.8) is 0 Å². The Labute approximate surface area is 262 Å². The van der Waals surface area contributed by atoms with E-state index in [2.05, 4.69) is 146 Å². The van der Waals surface area contributed by atoms with Gasteiger partial charge in [-0.1, -0.05) is 88.4 Å². The molecule has 0 fully saturated rings. The fourth-order valence-corrected chi connectivity index (χ4v) is 6.30. The van der Waals surface area contributed by atoms with Gasteiger partial charge in [-0.2, -0.15) is 0 Å². The molecule has 0 atom stereocenters. The fraction of sp³-hybridized carbons (Fsp3) is 0.333. The van der Waals surface area contributed by atoms with E-state index in [-0.39, 0.29) is 11.1 Å². The number of pyridine rings is 1.